The molecule has 0 saturated carbocycles. The van der Waals surface area contributed by atoms with Crippen LogP contribution in [-0.2, 0) is 47.3 Å². The Morgan fingerprint density at radius 2 is 0.864 bits per heavy atom. The van der Waals surface area contributed by atoms with Crippen LogP contribution in [0.5, 0.6) is 0 Å². The van der Waals surface area contributed by atoms with Gasteiger partial charge in [0.05, 0.1) is 6.54 Å². The Kier molecular flexibility index (Phi) is 35.9. The van der Waals surface area contributed by atoms with Crippen LogP contribution in [0.2, 0.25) is 0 Å². The van der Waals surface area contributed by atoms with Gasteiger partial charge >= 0.3 is 295 Å². The van der Waals surface area contributed by atoms with Gasteiger partial charge in [-0.2, -0.15) is 0 Å². The molecule has 1 saturated heterocycles. The van der Waals surface area contributed by atoms with Gasteiger partial charge in [-0.1, -0.05) is 58.8 Å². The van der Waals surface area contributed by atoms with E-state index in [-0.39, 0.29) is 111 Å². The van der Waals surface area contributed by atoms with Gasteiger partial charge in [0.1, 0.15) is 0 Å². The molecule has 1 amide bonds. The zero-order valence-corrected chi connectivity index (χ0v) is 41.1. The van der Waals surface area contributed by atoms with Gasteiger partial charge in [0.2, 0.25) is 0 Å². The Bertz CT molecular complexity index is 1320. The molecule has 1 atom stereocenters. The maximum absolute atomic E-state index is 13.0. The van der Waals surface area contributed by atoms with E-state index in [1.54, 1.807) is 19.6 Å². The van der Waals surface area contributed by atoms with E-state index in [2.05, 4.69) is 19.2 Å². The maximum atomic E-state index is 13.0. The summed E-state index contributed by atoms with van der Waals surface area (Å²) in [6.07, 6.45) is 18.8. The quantitative estimate of drug-likeness (QED) is 0.0286. The molecule has 1 rings (SSSR count). The number of nitrogens with one attached hydrogen (secondary N) is 1. The average molecular weight is 968 g/mol. The van der Waals surface area contributed by atoms with Crippen LogP contribution in [0.25, 0.3) is 0 Å². The molecule has 21 heteroatoms. The number of rotatable bonds is 38. The minimum Gasteiger partial charge on any atom is -0.0654 e. The molecule has 0 bridgehead atoms. The van der Waals surface area contributed by atoms with Crippen molar-refractivity contribution in [3.8, 4) is 0 Å². The molecule has 386 valence electrons. The van der Waals surface area contributed by atoms with E-state index < -0.39 is 56.6 Å². The van der Waals surface area contributed by atoms with Crippen molar-refractivity contribution in [1.82, 2.24) is 24.9 Å². The van der Waals surface area contributed by atoms with Gasteiger partial charge in [0.25, 0.3) is 0 Å². The molecule has 0 aromatic rings. The zero-order chi connectivity index (χ0) is 48.8. The van der Waals surface area contributed by atoms with E-state index >= 15 is 0 Å². The van der Waals surface area contributed by atoms with E-state index in [1.165, 1.54) is 64.2 Å². The number of unbranched alkanes of at least 4 members (excludes halogenated alkanes) is 16. The summed E-state index contributed by atoms with van der Waals surface area (Å²) in [6, 6.07) is 0. The van der Waals surface area contributed by atoms with Gasteiger partial charge in [-0.05, 0) is 0 Å². The Morgan fingerprint density at radius 3 is 1.26 bits per heavy atom. The molecular weight excluding hydrogens is 881 g/mol. The van der Waals surface area contributed by atoms with E-state index in [0.717, 1.165) is 38.5 Å². The fourth-order valence-corrected chi connectivity index (χ4v) is 8.29. The molecule has 0 aromatic carbocycles. The van der Waals surface area contributed by atoms with Crippen LogP contribution in [0.1, 0.15) is 142 Å². The van der Waals surface area contributed by atoms with E-state index in [9.17, 15) is 53.9 Å². The first-order chi connectivity index (χ1) is 31.6. The molecule has 6 N–H and O–H groups in total. The number of carboxylic acid groups (broad SMARTS) is 3. The molecular formula is C45H86N5O15P. The zero-order valence-electron chi connectivity index (χ0n) is 40.1. The van der Waals surface area contributed by atoms with Crippen molar-refractivity contribution in [1.29, 1.82) is 0 Å². The number of esters is 2. The summed E-state index contributed by atoms with van der Waals surface area (Å²) in [5.74, 6) is -4.61. The van der Waals surface area contributed by atoms with Crippen LogP contribution < -0.4 is 5.32 Å². The summed E-state index contributed by atoms with van der Waals surface area (Å²) in [5.41, 5.74) is 0. The Labute approximate surface area is 393 Å². The monoisotopic (exact) mass is 968 g/mol. The summed E-state index contributed by atoms with van der Waals surface area (Å²) in [4.78, 5) is 101. The molecule has 66 heavy (non-hydrogen) atoms. The van der Waals surface area contributed by atoms with Gasteiger partial charge in [0.15, 0.2) is 0 Å². The van der Waals surface area contributed by atoms with Crippen LogP contribution in [0.4, 0.5) is 0 Å². The number of hydrogen-bond acceptors (Lipinski definition) is 16. The van der Waals surface area contributed by atoms with Gasteiger partial charge < -0.3 is 15.3 Å². The van der Waals surface area contributed by atoms with Crippen molar-refractivity contribution < 1.29 is 72.4 Å². The second kappa shape index (κ2) is 38.8. The first-order valence-corrected chi connectivity index (χ1v) is 26.2. The first-order valence-electron chi connectivity index (χ1n) is 24.5. The molecule has 0 unspecified atom stereocenters. The normalized spacial score (nSPS) is 15.9. The SMILES string of the molecule is CCCCCCCCCCCC(=O)OC[C@H](CO[PH](O)(O)OCCNC(=O)CN1CCN(CC(=O)O)CCN(CC(=O)O)CCN(CC(=O)O)CC1)OC(=O)CCCCCCCCCCC. The number of carboxylic acids is 3. The Balaban J connectivity index is 2.72. The van der Waals surface area contributed by atoms with Crippen LogP contribution >= 0.6 is 8.17 Å². The number of nitrogens with zero attached hydrogens (tertiary/aromatic N) is 4. The first kappa shape index (κ1) is 60.9. The topological polar surface area (TPSA) is 265 Å². The van der Waals surface area contributed by atoms with Crippen molar-refractivity contribution in [2.24, 2.45) is 0 Å². The van der Waals surface area contributed by atoms with Gasteiger partial charge in [0, 0.05) is 0 Å². The summed E-state index contributed by atoms with van der Waals surface area (Å²) < 4.78 is 21.5. The minimum atomic E-state index is -4.81. The minimum absolute atomic E-state index is 0.144. The van der Waals surface area contributed by atoms with Gasteiger partial charge in [-0.25, -0.2) is 0 Å². The van der Waals surface area contributed by atoms with E-state index in [4.69, 9.17) is 18.5 Å². The number of carbonyl (C=O) groups is 6. The molecule has 1 aliphatic rings. The second-order valence-electron chi connectivity index (χ2n) is 17.3. The predicted molar refractivity (Wildman–Crippen MR) is 251 cm³/mol. The third-order valence-electron chi connectivity index (χ3n) is 11.2. The van der Waals surface area contributed by atoms with Crippen molar-refractivity contribution in [2.45, 2.75) is 148 Å². The summed E-state index contributed by atoms with van der Waals surface area (Å²) in [7, 11) is -4.81. The second-order valence-corrected chi connectivity index (χ2v) is 19.0. The number of hydrogen-bond donors (Lipinski definition) is 6. The standard InChI is InChI=1S/C45H86N5O15P/c1-3-5-7-9-11-13-15-17-19-21-44(58)62-37-39(65-45(59)22-20-18-16-14-12-10-8-6-4-2)38-64-66(60,61)63-32-23-46-40(51)33-47-24-26-48(34-41(52)53)28-30-50(36-43(56)57)31-29-49(27-25-47)35-42(54)55/h39,60-61,66H,3-38H2,1-2H3,(H,46,51)(H,52,53)(H,54,55)(H,56,57)/t39-/m1/s1. The number of carbonyl (C=O) groups excluding carboxylic acids is 3. The molecule has 0 spiro atoms. The van der Waals surface area contributed by atoms with Gasteiger partial charge in [-0.15, -0.1) is 0 Å². The van der Waals surface area contributed by atoms with Crippen LogP contribution in [0.3, 0.4) is 0 Å². The number of amides is 1. The van der Waals surface area contributed by atoms with Crippen LogP contribution in [0, 0.1) is 0 Å². The van der Waals surface area contributed by atoms with Crippen molar-refractivity contribution in [3.05, 3.63) is 0 Å². The number of ether oxygens (including phenoxy) is 2. The summed E-state index contributed by atoms with van der Waals surface area (Å²) in [6.45, 7) is 3.91. The molecule has 1 heterocycles. The fourth-order valence-electron chi connectivity index (χ4n) is 7.44. The van der Waals surface area contributed by atoms with E-state index in [0.29, 0.717) is 12.8 Å². The third kappa shape index (κ3) is 36.0. The Hall–Kier alpha value is -3.07. The fraction of sp³-hybridized carbons (Fsp3) is 0.867. The number of aliphatic carboxylic acids is 3. The van der Waals surface area contributed by atoms with Crippen molar-refractivity contribution >= 4 is 43.9 Å². The summed E-state index contributed by atoms with van der Waals surface area (Å²) in [5, 5.41) is 30.9. The average Bonchev–Trinajstić information content (AvgIpc) is 3.25. The summed E-state index contributed by atoms with van der Waals surface area (Å²) >= 11 is 0. The molecule has 1 fully saturated rings. The molecule has 0 aromatic heterocycles. The molecule has 1 aliphatic heterocycles. The van der Waals surface area contributed by atoms with E-state index in [1.807, 2.05) is 0 Å². The smallest absolute Gasteiger partial charge is 0.0654 e. The van der Waals surface area contributed by atoms with Crippen LogP contribution in [0.15, 0.2) is 0 Å². The molecule has 0 radical (unpaired) electrons. The predicted octanol–water partition coefficient (Wildman–Crippen LogP) is 4.30. The van der Waals surface area contributed by atoms with Crippen molar-refractivity contribution in [2.75, 3.05) is 105 Å². The Morgan fingerprint density at radius 1 is 0.500 bits per heavy atom. The molecule has 20 nitrogen and oxygen atoms in total. The third-order valence-corrected chi connectivity index (χ3v) is 12.4. The van der Waals surface area contributed by atoms with Crippen molar-refractivity contribution in [3.63, 3.8) is 0 Å². The van der Waals surface area contributed by atoms with Crippen LogP contribution in [-0.4, -0.2) is 191 Å². The van der Waals surface area contributed by atoms with Gasteiger partial charge in [-0.3, -0.25) is 19.3 Å². The molecule has 0 aliphatic carbocycles.